The zero-order valence-corrected chi connectivity index (χ0v) is 39.9. The smallest absolute Gasteiger partial charge is 0.266 e. The Hall–Kier alpha value is -5.48. The monoisotopic (exact) mass is 926 g/mol. The molecule has 0 atom stereocenters. The van der Waals surface area contributed by atoms with Gasteiger partial charge in [-0.3, -0.25) is 38.8 Å². The number of amides is 4. The molecule has 2 aliphatic heterocycles. The number of fused-ring (bicyclic) bond motifs is 2. The molecule has 0 bridgehead atoms. The lowest BCUT2D eigenvalue weighted by atomic mass is 9.87. The molecule has 14 heteroatoms. The van der Waals surface area contributed by atoms with Crippen molar-refractivity contribution < 1.29 is 19.2 Å². The molecule has 4 amide bonds. The van der Waals surface area contributed by atoms with Crippen LogP contribution in [0.3, 0.4) is 0 Å². The van der Waals surface area contributed by atoms with Gasteiger partial charge in [-0.1, -0.05) is 36.4 Å². The van der Waals surface area contributed by atoms with E-state index >= 15 is 0 Å². The zero-order valence-electron chi connectivity index (χ0n) is 35.0. The van der Waals surface area contributed by atoms with Crippen LogP contribution in [-0.2, 0) is 19.2 Å². The maximum atomic E-state index is 13.3. The van der Waals surface area contributed by atoms with Gasteiger partial charge in [-0.2, -0.15) is 0 Å². The van der Waals surface area contributed by atoms with Crippen LogP contribution in [0, 0.1) is 27.7 Å². The number of rotatable bonds is 4. The van der Waals surface area contributed by atoms with Gasteiger partial charge in [0.15, 0.2) is 10.2 Å². The second kappa shape index (κ2) is 15.7. The first kappa shape index (κ1) is 41.9. The molecule has 9 rings (SSSR count). The Labute approximate surface area is 384 Å². The van der Waals surface area contributed by atoms with Crippen molar-refractivity contribution in [1.29, 1.82) is 0 Å². The van der Waals surface area contributed by atoms with E-state index < -0.39 is 23.6 Å². The molecule has 0 radical (unpaired) electrons. The molecular weight excluding hydrogens is 889 g/mol. The number of hydrogen-bond acceptors (Lipinski definition) is 10. The maximum Gasteiger partial charge on any atom is 0.266 e. The number of carbonyl (C=O) groups excluding carboxylic acids is 4. The second-order valence-electron chi connectivity index (χ2n) is 15.5. The van der Waals surface area contributed by atoms with Gasteiger partial charge in [-0.05, 0) is 134 Å². The van der Waals surface area contributed by atoms with Crippen molar-refractivity contribution in [3.8, 4) is 22.3 Å². The van der Waals surface area contributed by atoms with Crippen LogP contribution in [0.5, 0.6) is 0 Å². The standard InChI is InChI=1S/C48H38N4O4S6/c1-23-11-9-12-24(2)35(23)37-31-21-29(19-27-15-17-33(59-27)39-43(53)49(5)47(57)50(6)44(39)54)62-42(31)38(36-25(3)13-10-14-26(36)4)32-22-30(61-41(32)37)20-28-16-18-34(60-28)40-45(55)51(7)48(58)52(8)46(40)56/h9-22H,1-8H3/b27-19-,28-20-. The Morgan fingerprint density at radius 2 is 0.774 bits per heavy atom. The van der Waals surface area contributed by atoms with Gasteiger partial charge in [-0.15, -0.1) is 45.3 Å². The lowest BCUT2D eigenvalue weighted by molar-refractivity contribution is -0.130. The van der Waals surface area contributed by atoms with E-state index in [1.54, 1.807) is 50.9 Å². The van der Waals surface area contributed by atoms with E-state index in [0.717, 1.165) is 29.6 Å². The lowest BCUT2D eigenvalue weighted by Gasteiger charge is -2.31. The summed E-state index contributed by atoms with van der Waals surface area (Å²) in [6.07, 6.45) is 4.28. The van der Waals surface area contributed by atoms with Gasteiger partial charge in [0.1, 0.15) is 11.1 Å². The van der Waals surface area contributed by atoms with Crippen molar-refractivity contribution in [1.82, 2.24) is 19.6 Å². The Morgan fingerprint density at radius 1 is 0.452 bits per heavy atom. The number of nitrogens with zero attached hydrogens (tertiary/aromatic N) is 4. The fraction of sp³-hybridized carbons (Fsp3) is 0.167. The summed E-state index contributed by atoms with van der Waals surface area (Å²) in [5.41, 5.74) is 9.67. The van der Waals surface area contributed by atoms with Gasteiger partial charge in [0.25, 0.3) is 23.6 Å². The van der Waals surface area contributed by atoms with Gasteiger partial charge < -0.3 is 0 Å². The Kier molecular flexibility index (Phi) is 10.6. The van der Waals surface area contributed by atoms with Crippen LogP contribution in [0.15, 0.2) is 72.8 Å². The molecule has 0 N–H and O–H groups in total. The van der Waals surface area contributed by atoms with Gasteiger partial charge >= 0.3 is 0 Å². The first-order valence-electron chi connectivity index (χ1n) is 19.6. The highest BCUT2D eigenvalue weighted by atomic mass is 32.1. The summed E-state index contributed by atoms with van der Waals surface area (Å²) in [4.78, 5) is 60.6. The molecule has 0 aliphatic carbocycles. The van der Waals surface area contributed by atoms with Gasteiger partial charge in [0.2, 0.25) is 0 Å². The number of benzene rings is 3. The van der Waals surface area contributed by atoms with Gasteiger partial charge in [-0.25, -0.2) is 0 Å². The average molecular weight is 927 g/mol. The molecule has 4 aromatic heterocycles. The van der Waals surface area contributed by atoms with Gasteiger partial charge in [0, 0.05) is 87.4 Å². The summed E-state index contributed by atoms with van der Waals surface area (Å²) in [6.45, 7) is 8.67. The molecular formula is C48H38N4O4S6. The average Bonchev–Trinajstić information content (AvgIpc) is 4.06. The summed E-state index contributed by atoms with van der Waals surface area (Å²) in [6, 6.07) is 25.0. The minimum Gasteiger partial charge on any atom is -0.288 e. The summed E-state index contributed by atoms with van der Waals surface area (Å²) in [5, 5.41) is 2.65. The third-order valence-electron chi connectivity index (χ3n) is 11.5. The van der Waals surface area contributed by atoms with Crippen LogP contribution in [0.2, 0.25) is 0 Å². The molecule has 62 heavy (non-hydrogen) atoms. The van der Waals surface area contributed by atoms with Crippen LogP contribution >= 0.6 is 69.8 Å². The predicted molar refractivity (Wildman–Crippen MR) is 264 cm³/mol. The molecule has 310 valence electrons. The van der Waals surface area contributed by atoms with Crippen LogP contribution in [0.25, 0.3) is 65.7 Å². The van der Waals surface area contributed by atoms with Crippen molar-refractivity contribution in [2.75, 3.05) is 28.2 Å². The van der Waals surface area contributed by atoms with E-state index in [1.807, 2.05) is 24.3 Å². The van der Waals surface area contributed by atoms with Crippen LogP contribution in [-0.4, -0.2) is 81.6 Å². The molecule has 8 nitrogen and oxygen atoms in total. The Balaban J connectivity index is 1.31. The van der Waals surface area contributed by atoms with Crippen molar-refractivity contribution in [3.05, 3.63) is 123 Å². The summed E-state index contributed by atoms with van der Waals surface area (Å²) in [5.74, 6) is -1.61. The van der Waals surface area contributed by atoms with E-state index in [-0.39, 0.29) is 21.4 Å². The Bertz CT molecular complexity index is 3090. The lowest BCUT2D eigenvalue weighted by Crippen LogP contribution is -2.53. The highest BCUT2D eigenvalue weighted by Gasteiger charge is 2.37. The van der Waals surface area contributed by atoms with Crippen molar-refractivity contribution in [2.45, 2.75) is 27.7 Å². The minimum atomic E-state index is -0.403. The normalized spacial score (nSPS) is 15.9. The van der Waals surface area contributed by atoms with E-state index in [4.69, 9.17) is 24.4 Å². The molecule has 2 fully saturated rings. The molecule has 0 spiro atoms. The molecule has 2 aliphatic rings. The van der Waals surface area contributed by atoms with Crippen molar-refractivity contribution >= 4 is 147 Å². The van der Waals surface area contributed by atoms with E-state index in [1.165, 1.54) is 96.2 Å². The third kappa shape index (κ3) is 6.71. The third-order valence-corrected chi connectivity index (χ3v) is 16.9. The van der Waals surface area contributed by atoms with E-state index in [9.17, 15) is 19.2 Å². The number of carbonyl (C=O) groups is 4. The fourth-order valence-electron chi connectivity index (χ4n) is 8.35. The minimum absolute atomic E-state index is 0.116. The number of aryl methyl sites for hydroxylation is 4. The van der Waals surface area contributed by atoms with Gasteiger partial charge in [0.05, 0.1) is 0 Å². The molecule has 0 unspecified atom stereocenters. The number of hydrogen-bond donors (Lipinski definition) is 0. The number of thiocarbonyl (C=S) groups is 2. The Morgan fingerprint density at radius 3 is 1.10 bits per heavy atom. The number of thiophene rings is 4. The topological polar surface area (TPSA) is 81.2 Å². The largest absolute Gasteiger partial charge is 0.288 e. The predicted octanol–water partition coefficient (Wildman–Crippen LogP) is 7.20. The molecule has 3 aromatic carbocycles. The fourth-order valence-corrected chi connectivity index (χ4v) is 13.2. The maximum absolute atomic E-state index is 13.3. The molecule has 0 saturated carbocycles. The molecule has 2 saturated heterocycles. The summed E-state index contributed by atoms with van der Waals surface area (Å²) in [7, 11) is 6.37. The second-order valence-corrected chi connectivity index (χ2v) is 20.7. The van der Waals surface area contributed by atoms with E-state index in [0.29, 0.717) is 9.06 Å². The van der Waals surface area contributed by atoms with Crippen LogP contribution in [0.4, 0.5) is 0 Å². The first-order chi connectivity index (χ1) is 29.5. The van der Waals surface area contributed by atoms with Crippen LogP contribution in [0.1, 0.15) is 32.0 Å². The quantitative estimate of drug-likeness (QED) is 0.174. The highest BCUT2D eigenvalue weighted by Crippen LogP contribution is 2.52. The van der Waals surface area contributed by atoms with Crippen molar-refractivity contribution in [3.63, 3.8) is 0 Å². The first-order valence-corrected chi connectivity index (χ1v) is 23.6. The highest BCUT2D eigenvalue weighted by molar-refractivity contribution is 7.80. The molecule has 6 heterocycles. The summed E-state index contributed by atoms with van der Waals surface area (Å²) >= 11 is 16.9. The van der Waals surface area contributed by atoms with Crippen LogP contribution < -0.4 is 18.1 Å². The summed E-state index contributed by atoms with van der Waals surface area (Å²) < 4.78 is 5.37. The van der Waals surface area contributed by atoms with Crippen molar-refractivity contribution in [2.24, 2.45) is 0 Å². The zero-order chi connectivity index (χ0) is 44.0. The molecule has 7 aromatic rings. The SMILES string of the molecule is Cc1cccc(C)c1-c1c2cc(/C=c3/ccc(=C4C(=O)N(C)C(=S)N(C)C4=O)s3)sc2c(-c2c(C)cccc2C)c2cc(/C=c3/ccc(=C4C(=O)N(C)C(=S)N(C)C4=O)s3)sc12. The van der Waals surface area contributed by atoms with E-state index in [2.05, 4.69) is 88.4 Å².